The van der Waals surface area contributed by atoms with Crippen molar-refractivity contribution in [2.75, 3.05) is 12.0 Å². The highest BCUT2D eigenvalue weighted by atomic mass is 16.5. The minimum absolute atomic E-state index is 0.0580. The molecule has 1 aliphatic heterocycles. The number of ether oxygens (including phenoxy) is 1. The Labute approximate surface area is 181 Å². The maximum atomic E-state index is 13.2. The maximum Gasteiger partial charge on any atom is 0.300 e. The molecular formula is C26H23NO4. The van der Waals surface area contributed by atoms with Crippen LogP contribution in [-0.4, -0.2) is 23.9 Å². The Balaban J connectivity index is 1.97. The first-order valence-electron chi connectivity index (χ1n) is 10.00. The van der Waals surface area contributed by atoms with Gasteiger partial charge in [-0.1, -0.05) is 48.5 Å². The summed E-state index contributed by atoms with van der Waals surface area (Å²) in [7, 11) is 1.56. The maximum absolute atomic E-state index is 13.2. The van der Waals surface area contributed by atoms with Gasteiger partial charge < -0.3 is 9.84 Å². The average Bonchev–Trinajstić information content (AvgIpc) is 3.06. The van der Waals surface area contributed by atoms with Gasteiger partial charge in [-0.15, -0.1) is 0 Å². The fraction of sp³-hybridized carbons (Fsp3) is 0.154. The number of aliphatic hydroxyl groups is 1. The van der Waals surface area contributed by atoms with Crippen molar-refractivity contribution in [2.24, 2.45) is 0 Å². The number of ketones is 1. The van der Waals surface area contributed by atoms with E-state index in [0.717, 1.165) is 11.1 Å². The molecule has 1 amide bonds. The van der Waals surface area contributed by atoms with E-state index in [1.54, 1.807) is 49.6 Å². The molecule has 1 heterocycles. The van der Waals surface area contributed by atoms with Crippen LogP contribution in [0.15, 0.2) is 78.4 Å². The zero-order valence-corrected chi connectivity index (χ0v) is 17.6. The van der Waals surface area contributed by atoms with Crippen LogP contribution < -0.4 is 9.64 Å². The summed E-state index contributed by atoms with van der Waals surface area (Å²) in [6.45, 7) is 3.95. The molecule has 5 nitrogen and oxygen atoms in total. The van der Waals surface area contributed by atoms with Gasteiger partial charge in [-0.2, -0.15) is 0 Å². The van der Waals surface area contributed by atoms with Crippen LogP contribution in [0.4, 0.5) is 5.69 Å². The molecule has 3 aromatic carbocycles. The average molecular weight is 413 g/mol. The van der Waals surface area contributed by atoms with E-state index >= 15 is 0 Å². The van der Waals surface area contributed by atoms with Gasteiger partial charge in [0.05, 0.1) is 18.7 Å². The molecule has 0 aliphatic carbocycles. The molecule has 0 spiro atoms. The quantitative estimate of drug-likeness (QED) is 0.374. The first-order valence-corrected chi connectivity index (χ1v) is 10.00. The third kappa shape index (κ3) is 3.59. The predicted molar refractivity (Wildman–Crippen MR) is 120 cm³/mol. The van der Waals surface area contributed by atoms with Crippen molar-refractivity contribution in [3.8, 4) is 5.75 Å². The standard InChI is InChI=1S/C26H23NO4/c1-16-12-13-20(14-17(16)2)27-23(19-10-7-11-21(15-19)31-3)22(25(29)26(27)30)24(28)18-8-5-4-6-9-18/h4-15,23,28H,1-3H3/b24-22+. The molecular weight excluding hydrogens is 390 g/mol. The molecule has 0 radical (unpaired) electrons. The van der Waals surface area contributed by atoms with Gasteiger partial charge >= 0.3 is 0 Å². The van der Waals surface area contributed by atoms with Crippen LogP contribution in [-0.2, 0) is 9.59 Å². The van der Waals surface area contributed by atoms with E-state index in [1.165, 1.54) is 4.90 Å². The van der Waals surface area contributed by atoms with Crippen LogP contribution in [0, 0.1) is 13.8 Å². The zero-order chi connectivity index (χ0) is 22.1. The molecule has 156 valence electrons. The fourth-order valence-corrected chi connectivity index (χ4v) is 3.85. The number of hydrogen-bond donors (Lipinski definition) is 1. The van der Waals surface area contributed by atoms with Crippen molar-refractivity contribution in [1.29, 1.82) is 0 Å². The summed E-state index contributed by atoms with van der Waals surface area (Å²) in [5.74, 6) is -0.984. The second kappa shape index (κ2) is 8.11. The number of Topliss-reactive ketones (excluding diaryl/α,β-unsaturated/α-hetero) is 1. The molecule has 0 aromatic heterocycles. The third-order valence-corrected chi connectivity index (χ3v) is 5.67. The van der Waals surface area contributed by atoms with Crippen LogP contribution in [0.5, 0.6) is 5.75 Å². The van der Waals surface area contributed by atoms with E-state index in [9.17, 15) is 14.7 Å². The van der Waals surface area contributed by atoms with E-state index in [1.807, 2.05) is 44.2 Å². The first-order chi connectivity index (χ1) is 14.9. The lowest BCUT2D eigenvalue weighted by Crippen LogP contribution is -2.29. The lowest BCUT2D eigenvalue weighted by atomic mass is 9.95. The third-order valence-electron chi connectivity index (χ3n) is 5.67. The molecule has 3 aromatic rings. The smallest absolute Gasteiger partial charge is 0.300 e. The summed E-state index contributed by atoms with van der Waals surface area (Å²) >= 11 is 0. The minimum Gasteiger partial charge on any atom is -0.507 e. The molecule has 1 aliphatic rings. The van der Waals surface area contributed by atoms with Gasteiger partial charge in [-0.25, -0.2) is 0 Å². The van der Waals surface area contributed by atoms with Crippen molar-refractivity contribution in [3.05, 3.63) is 101 Å². The van der Waals surface area contributed by atoms with Gasteiger partial charge in [0.1, 0.15) is 11.5 Å². The zero-order valence-electron chi connectivity index (χ0n) is 17.6. The summed E-state index contributed by atoms with van der Waals surface area (Å²) in [5.41, 5.74) is 3.91. The SMILES string of the molecule is COc1cccc(C2/C(=C(\O)c3ccccc3)C(=O)C(=O)N2c2ccc(C)c(C)c2)c1. The van der Waals surface area contributed by atoms with Crippen LogP contribution >= 0.6 is 0 Å². The number of hydrogen-bond acceptors (Lipinski definition) is 4. The summed E-state index contributed by atoms with van der Waals surface area (Å²) in [6.07, 6.45) is 0. The van der Waals surface area contributed by atoms with Gasteiger partial charge in [0.2, 0.25) is 0 Å². The summed E-state index contributed by atoms with van der Waals surface area (Å²) in [6, 6.07) is 20.8. The number of aliphatic hydroxyl groups excluding tert-OH is 1. The van der Waals surface area contributed by atoms with E-state index in [2.05, 4.69) is 0 Å². The Morgan fingerprint density at radius 1 is 0.903 bits per heavy atom. The highest BCUT2D eigenvalue weighted by Gasteiger charge is 2.47. The van der Waals surface area contributed by atoms with Crippen LogP contribution in [0.25, 0.3) is 5.76 Å². The minimum atomic E-state index is -0.780. The number of anilines is 1. The van der Waals surface area contributed by atoms with Gasteiger partial charge in [0.25, 0.3) is 11.7 Å². The predicted octanol–water partition coefficient (Wildman–Crippen LogP) is 4.94. The Kier molecular flexibility index (Phi) is 5.34. The number of nitrogens with zero attached hydrogens (tertiary/aromatic N) is 1. The lowest BCUT2D eigenvalue weighted by Gasteiger charge is -2.26. The summed E-state index contributed by atoms with van der Waals surface area (Å²) in [5, 5.41) is 11.1. The summed E-state index contributed by atoms with van der Waals surface area (Å²) in [4.78, 5) is 27.8. The van der Waals surface area contributed by atoms with Crippen LogP contribution in [0.1, 0.15) is 28.3 Å². The molecule has 4 rings (SSSR count). The molecule has 31 heavy (non-hydrogen) atoms. The molecule has 0 saturated carbocycles. The Morgan fingerprint density at radius 2 is 1.65 bits per heavy atom. The fourth-order valence-electron chi connectivity index (χ4n) is 3.85. The highest BCUT2D eigenvalue weighted by Crippen LogP contribution is 2.43. The number of benzene rings is 3. The van der Waals surface area contributed by atoms with Gasteiger partial charge in [-0.05, 0) is 54.8 Å². The molecule has 5 heteroatoms. The van der Waals surface area contributed by atoms with Crippen molar-refractivity contribution in [1.82, 2.24) is 0 Å². The number of carbonyl (C=O) groups excluding carboxylic acids is 2. The van der Waals surface area contributed by atoms with E-state index in [-0.39, 0.29) is 11.3 Å². The highest BCUT2D eigenvalue weighted by molar-refractivity contribution is 6.51. The number of rotatable bonds is 4. The Morgan fingerprint density at radius 3 is 2.32 bits per heavy atom. The van der Waals surface area contributed by atoms with E-state index in [0.29, 0.717) is 22.6 Å². The largest absolute Gasteiger partial charge is 0.507 e. The Hall–Kier alpha value is -3.86. The van der Waals surface area contributed by atoms with Crippen LogP contribution in [0.2, 0.25) is 0 Å². The van der Waals surface area contributed by atoms with Crippen molar-refractivity contribution in [2.45, 2.75) is 19.9 Å². The van der Waals surface area contributed by atoms with Gasteiger partial charge in [-0.3, -0.25) is 14.5 Å². The number of aryl methyl sites for hydroxylation is 2. The van der Waals surface area contributed by atoms with E-state index in [4.69, 9.17) is 4.74 Å². The monoisotopic (exact) mass is 413 g/mol. The van der Waals surface area contributed by atoms with Gasteiger partial charge in [0, 0.05) is 11.3 Å². The molecule has 1 saturated heterocycles. The first kappa shape index (κ1) is 20.4. The van der Waals surface area contributed by atoms with Crippen molar-refractivity contribution < 1.29 is 19.4 Å². The normalized spacial score (nSPS) is 17.8. The van der Waals surface area contributed by atoms with Crippen LogP contribution in [0.3, 0.4) is 0 Å². The molecule has 1 N–H and O–H groups in total. The van der Waals surface area contributed by atoms with E-state index < -0.39 is 17.7 Å². The number of amides is 1. The van der Waals surface area contributed by atoms with Crippen molar-refractivity contribution in [3.63, 3.8) is 0 Å². The lowest BCUT2D eigenvalue weighted by molar-refractivity contribution is -0.132. The molecule has 1 unspecified atom stereocenters. The molecule has 0 bridgehead atoms. The Bertz CT molecular complexity index is 1200. The second-order valence-corrected chi connectivity index (χ2v) is 7.58. The van der Waals surface area contributed by atoms with Gasteiger partial charge in [0.15, 0.2) is 0 Å². The summed E-state index contributed by atoms with van der Waals surface area (Å²) < 4.78 is 5.36. The second-order valence-electron chi connectivity index (χ2n) is 7.58. The molecule has 1 atom stereocenters. The van der Waals surface area contributed by atoms with Crippen molar-refractivity contribution >= 4 is 23.1 Å². The molecule has 1 fully saturated rings. The number of methoxy groups -OCH3 is 1. The number of carbonyl (C=O) groups is 2. The topological polar surface area (TPSA) is 66.8 Å².